The molecule has 3 saturated heterocycles. The van der Waals surface area contributed by atoms with Crippen LogP contribution >= 0.6 is 43.5 Å². The highest BCUT2D eigenvalue weighted by Crippen LogP contribution is 2.38. The van der Waals surface area contributed by atoms with Crippen LogP contribution in [0.3, 0.4) is 0 Å². The first kappa shape index (κ1) is 77.6. The van der Waals surface area contributed by atoms with Crippen LogP contribution in [0.1, 0.15) is 162 Å². The number of nitrogens with one attached hydrogen (secondary N) is 1. The molecule has 5 aliphatic heterocycles. The summed E-state index contributed by atoms with van der Waals surface area (Å²) in [6, 6.07) is 40.4. The Kier molecular flexibility index (Phi) is 29.8. The van der Waals surface area contributed by atoms with Crippen LogP contribution in [-0.2, 0) is 54.7 Å². The number of hydrogen-bond donors (Lipinski definition) is 10. The number of aromatic nitrogens is 10. The molecule has 15 rings (SSSR count). The minimum Gasteiger partial charge on any atom is -0.469 e. The largest absolute Gasteiger partial charge is 0.469 e. The number of ether oxygens (including phenoxy) is 4. The number of anilines is 4. The van der Waals surface area contributed by atoms with Gasteiger partial charge < -0.3 is 80.2 Å². The lowest BCUT2D eigenvalue weighted by molar-refractivity contribution is -0.156. The molecular formula is C90H107Br2ClF2N18O18. The number of hydrogen-bond acceptors (Lipinski definition) is 30. The number of amides is 4. The number of aromatic amines is 1. The molecule has 0 bridgehead atoms. The Labute approximate surface area is 805 Å². The Balaban J connectivity index is 0.000000222. The Bertz CT molecular complexity index is 6490. The summed E-state index contributed by atoms with van der Waals surface area (Å²) in [7, 11) is 2.30. The van der Waals surface area contributed by atoms with E-state index < -0.39 is 171 Å². The zero-order chi connectivity index (χ0) is 114. The number of nitrogens with zero attached hydrogens (tertiary/aromatic N) is 16. The van der Waals surface area contributed by atoms with Gasteiger partial charge in [-0.05, 0) is 127 Å². The van der Waals surface area contributed by atoms with Crippen LogP contribution in [0, 0.1) is 34.3 Å². The predicted molar refractivity (Wildman–Crippen MR) is 488 cm³/mol. The van der Waals surface area contributed by atoms with Gasteiger partial charge in [-0.25, -0.2) is 47.6 Å². The molecule has 41 heteroatoms. The number of carbonyl (C=O) groups excluding carboxylic acids is 6. The fraction of sp³-hybridized carbons (Fsp3) is 0.400. The molecule has 0 aliphatic carbocycles. The van der Waals surface area contributed by atoms with Crippen molar-refractivity contribution in [2.24, 2.45) is 0 Å². The number of pyridine rings is 2. The number of carbonyl (C=O) groups is 6. The van der Waals surface area contributed by atoms with E-state index in [9.17, 15) is 59.0 Å². The van der Waals surface area contributed by atoms with E-state index in [1.807, 2.05) is 71.5 Å². The van der Waals surface area contributed by atoms with Crippen molar-refractivity contribution in [2.45, 2.75) is 154 Å². The maximum absolute atomic E-state index is 15.0. The van der Waals surface area contributed by atoms with Crippen molar-refractivity contribution in [3.05, 3.63) is 220 Å². The number of aliphatic hydroxyl groups excluding tert-OH is 6. The van der Waals surface area contributed by atoms with Crippen molar-refractivity contribution in [2.75, 3.05) is 97.3 Å². The highest BCUT2D eigenvalue weighted by atomic mass is 79.9. The molecule has 3 fully saturated rings. The topological polar surface area (TPSA) is 499 Å². The van der Waals surface area contributed by atoms with E-state index in [-0.39, 0.29) is 123 Å². The Morgan fingerprint density at radius 3 is 1.53 bits per heavy atom. The minimum absolute atomic E-state index is 0.00660. The molecule has 6 aromatic heterocycles. The fourth-order valence-electron chi connectivity index (χ4n) is 11.6. The number of methoxy groups -OCH3 is 2. The number of benzene rings is 4. The number of alkyl halides is 2. The number of H-pyrrole nitrogens is 1. The van der Waals surface area contributed by atoms with Gasteiger partial charge in [0.1, 0.15) is 34.5 Å². The quantitative estimate of drug-likeness (QED) is 0.0204. The molecule has 0 spiro atoms. The highest BCUT2D eigenvalue weighted by Gasteiger charge is 2.41. The molecule has 5 aliphatic rings. The first-order valence-electron chi connectivity index (χ1n) is 49.2. The van der Waals surface area contributed by atoms with Gasteiger partial charge in [-0.3, -0.25) is 28.8 Å². The van der Waals surface area contributed by atoms with Crippen LogP contribution < -0.4 is 20.4 Å². The molecule has 0 saturated carbocycles. The zero-order valence-corrected chi connectivity index (χ0v) is 75.3. The Hall–Kier alpha value is -12.2. The van der Waals surface area contributed by atoms with Crippen LogP contribution in [0.15, 0.2) is 158 Å². The van der Waals surface area contributed by atoms with Crippen LogP contribution in [-0.4, -0.2) is 261 Å². The summed E-state index contributed by atoms with van der Waals surface area (Å²) in [5.74, 6) is -3.47. The van der Waals surface area contributed by atoms with E-state index in [2.05, 4.69) is 88.9 Å². The summed E-state index contributed by atoms with van der Waals surface area (Å²) < 4.78 is 202. The number of nitrogens with two attached hydrogens (primary N) is 1. The predicted octanol–water partition coefficient (Wildman–Crippen LogP) is 10.0. The van der Waals surface area contributed by atoms with Crippen molar-refractivity contribution in [3.8, 4) is 40.3 Å². The summed E-state index contributed by atoms with van der Waals surface area (Å²) in [4.78, 5) is 85.1. The van der Waals surface area contributed by atoms with Crippen molar-refractivity contribution in [3.63, 3.8) is 0 Å². The van der Waals surface area contributed by atoms with Crippen LogP contribution in [0.25, 0.3) is 28.2 Å². The first-order valence-corrected chi connectivity index (χ1v) is 41.1. The van der Waals surface area contributed by atoms with Gasteiger partial charge in [0.05, 0.1) is 183 Å². The summed E-state index contributed by atoms with van der Waals surface area (Å²) in [5.41, 5.74) is 6.46. The second-order valence-corrected chi connectivity index (χ2v) is 31.0. The number of esters is 2. The van der Waals surface area contributed by atoms with E-state index in [0.29, 0.717) is 17.3 Å². The molecule has 11 heterocycles. The molecule has 11 N–H and O–H groups in total. The number of fused-ring (bicyclic) bond motifs is 2. The van der Waals surface area contributed by atoms with E-state index in [1.165, 1.54) is 79.7 Å². The molecule has 0 unspecified atom stereocenters. The van der Waals surface area contributed by atoms with Gasteiger partial charge in [0.15, 0.2) is 17.7 Å². The lowest BCUT2D eigenvalue weighted by Gasteiger charge is -2.23. The third-order valence-electron chi connectivity index (χ3n) is 17.4. The summed E-state index contributed by atoms with van der Waals surface area (Å²) >= 11 is 11.5. The average Bonchev–Trinajstić information content (AvgIpc) is 1.58. The first-order chi connectivity index (χ1) is 69.5. The molecule has 4 aromatic carbocycles. The smallest absolute Gasteiger partial charge is 0.417 e. The number of aliphatic hydroxyl groups is 8. The van der Waals surface area contributed by atoms with Crippen LogP contribution in [0.2, 0.25) is 5.02 Å². The Morgan fingerprint density at radius 1 is 0.626 bits per heavy atom. The van der Waals surface area contributed by atoms with E-state index in [1.54, 1.807) is 64.6 Å². The van der Waals surface area contributed by atoms with Crippen molar-refractivity contribution < 1.29 is 125 Å². The zero-order valence-electron chi connectivity index (χ0n) is 91.3. The molecule has 36 nitrogen and oxygen atoms in total. The van der Waals surface area contributed by atoms with Crippen molar-refractivity contribution in [1.29, 1.82) is 10.5 Å². The number of imide groups is 2. The average molecular weight is 1980 g/mol. The second kappa shape index (κ2) is 50.3. The lowest BCUT2D eigenvalue weighted by Crippen LogP contribution is -2.37. The molecule has 10 aromatic rings. The van der Waals surface area contributed by atoms with Gasteiger partial charge in [-0.15, -0.1) is 0 Å². The number of nitrogen functional groups attached to an aromatic ring is 1. The van der Waals surface area contributed by atoms with Gasteiger partial charge in [-0.1, -0.05) is 116 Å². The van der Waals surface area contributed by atoms with E-state index in [4.69, 9.17) is 79.8 Å². The Morgan fingerprint density at radius 2 is 1.11 bits per heavy atom. The second-order valence-electron chi connectivity index (χ2n) is 29.6. The number of nitriles is 2. The lowest BCUT2D eigenvalue weighted by atomic mass is 10.0. The summed E-state index contributed by atoms with van der Waals surface area (Å²) in [6.07, 6.45) is -7.12. The van der Waals surface area contributed by atoms with Crippen LogP contribution in [0.5, 0.6) is 0 Å². The van der Waals surface area contributed by atoms with Crippen molar-refractivity contribution in [1.82, 2.24) is 59.3 Å². The SMILES string of the molecule is CC(C)(C)OC(=O)N1Cc2nc(-c3c(F)cccc3C#N)cc(Cl)c2C1=O.COC(=O)C[C@H](O)C(=O)OC.Nc1ccn(Cc2ccccc2)n1.[2H]C([2H])(Br)C[C@H](O)C([2H])([2H])Br.[2H]C([2H])(O)C[C@H](O)C([2H])([2H])O.[2H]C1([2H])C[C@H](O)C([2H])([2H])N1c1ccn(-c2cc(-c3c(F)cccc3C#N)nc3c2C(=O)N(C(=O)OC(C)(C)C)C3)n1.[2H]C1([2H])C[C@H](O)C([2H])([2H])N1c1ccn(Cc2ccccc2)n1.[2H]C1([2H])C[C@H](O)C([2H])([2H])N1c1ccn[nH]1. The molecule has 4 amide bonds. The van der Waals surface area contributed by atoms with Gasteiger partial charge >= 0.3 is 24.1 Å². The number of β-amino-alcohol motifs (C(OH)–C–C–N with tert-alkyl or cyclic N) is 3. The third kappa shape index (κ3) is 31.3. The number of rotatable bonds is 19. The molecule has 700 valence electrons. The molecule has 131 heavy (non-hydrogen) atoms. The van der Waals surface area contributed by atoms with Gasteiger partial charge in [0.2, 0.25) is 0 Å². The van der Waals surface area contributed by atoms with E-state index in [0.717, 1.165) is 49.6 Å². The monoisotopic (exact) mass is 1980 g/mol. The number of halogens is 5. The normalized spacial score (nSPS) is 20.8. The van der Waals surface area contributed by atoms with Crippen LogP contribution in [0.4, 0.5) is 41.6 Å². The molecule has 0 radical (unpaired) electrons. The van der Waals surface area contributed by atoms with Crippen molar-refractivity contribution >= 4 is 103 Å². The van der Waals surface area contributed by atoms with Gasteiger partial charge in [0, 0.05) is 107 Å². The van der Waals surface area contributed by atoms with Gasteiger partial charge in [0.25, 0.3) is 11.8 Å². The maximum Gasteiger partial charge on any atom is 0.417 e. The molecule has 6 atom stereocenters. The summed E-state index contributed by atoms with van der Waals surface area (Å²) in [5, 5.41) is 107. The fourth-order valence-corrected chi connectivity index (χ4v) is 12.3. The maximum atomic E-state index is 15.0. The molecular weight excluding hydrogens is 1850 g/mol. The third-order valence-corrected chi connectivity index (χ3v) is 18.5. The summed E-state index contributed by atoms with van der Waals surface area (Å²) in [6.45, 7) is -7.73. The standard InChI is InChI=1S/C26H25FN6O4.C19H15ClFN3O3.C14H17N3O.C10H11N3.C7H11N3O.C6H10O5.C4H8Br2O.C4H10O3/c1-26(2,3)37-25(36)32-14-19-23(24(32)35)20(33-10-8-21(30-33)31-9-7-16(34)13-31)11-18(29-19)22-15(12-28)5-4-6-17(22)27;1-19(2,3)27-18(26)24-9-14-16(17(24)25)11(20)7-13(23-14)15-10(8-22)5-4-6-12(15)21;18-13-6-8-16(11-13)14-7-9-17(15-14)10-12-4-2-1-3-5-12;11-10-6-7-13(12-10)8-9-4-2-1-3-5-9;11-6-2-4-10(5-6)7-1-3-8-9-7;1-10-5(8)3-4(7)6(9)11-2;2*5-2-1-4(7)3-6/h4-6,8,10-11,16,34H,7,9,13-14H2,1-3H3;4-7H,9H2,1-3H3;1-5,7,9,13,18H,6,8,10-11H2;1-7H,8H2,(H2,11,12);1,3,6,11H,2,4-5H2,(H,8,9);4,7H,3H2,1-2H3;4,7H,1-3H2;4-7H,1-3H2/t16-;;13-;;6-;3*4-/m0.0.0000/s1/i9D2,13D2;;8D2,11D2;;4D2,5D2;;2*2D2,3D2. The van der Waals surface area contributed by atoms with Gasteiger partial charge in [-0.2, -0.15) is 30.9 Å². The van der Waals surface area contributed by atoms with E-state index >= 15 is 4.39 Å². The minimum atomic E-state index is -2.88. The highest BCUT2D eigenvalue weighted by molar-refractivity contribution is 9.09.